The van der Waals surface area contributed by atoms with Crippen molar-refractivity contribution in [1.29, 1.82) is 0 Å². The van der Waals surface area contributed by atoms with Gasteiger partial charge in [0.05, 0.1) is 11.7 Å². The third-order valence-corrected chi connectivity index (χ3v) is 7.78. The quantitative estimate of drug-likeness (QED) is 0.424. The molecule has 2 aliphatic heterocycles. The summed E-state index contributed by atoms with van der Waals surface area (Å²) in [6.07, 6.45) is 6.35. The van der Waals surface area contributed by atoms with Gasteiger partial charge in [-0.2, -0.15) is 9.61 Å². The Hall–Kier alpha value is -3.13. The predicted molar refractivity (Wildman–Crippen MR) is 150 cm³/mol. The van der Waals surface area contributed by atoms with Crippen LogP contribution in [0.15, 0.2) is 36.9 Å². The smallest absolute Gasteiger partial charge is 0.160 e. The summed E-state index contributed by atoms with van der Waals surface area (Å²) < 4.78 is 16.3. The maximum Gasteiger partial charge on any atom is 0.160 e. The molecule has 1 unspecified atom stereocenters. The lowest BCUT2D eigenvalue weighted by molar-refractivity contribution is 0.226. The van der Waals surface area contributed by atoms with Crippen LogP contribution < -0.4 is 15.1 Å². The van der Waals surface area contributed by atoms with Crippen molar-refractivity contribution in [3.63, 3.8) is 0 Å². The highest BCUT2D eigenvalue weighted by atomic mass is 19.1. The van der Waals surface area contributed by atoms with Crippen molar-refractivity contribution in [2.24, 2.45) is 0 Å². The van der Waals surface area contributed by atoms with Crippen molar-refractivity contribution in [2.75, 3.05) is 56.6 Å². The van der Waals surface area contributed by atoms with E-state index < -0.39 is 0 Å². The van der Waals surface area contributed by atoms with Crippen molar-refractivity contribution in [2.45, 2.75) is 51.5 Å². The van der Waals surface area contributed by atoms with E-state index in [1.807, 2.05) is 17.6 Å². The maximum absolute atomic E-state index is 14.3. The van der Waals surface area contributed by atoms with E-state index in [2.05, 4.69) is 52.7 Å². The molecule has 2 aromatic heterocycles. The van der Waals surface area contributed by atoms with Gasteiger partial charge in [-0.05, 0) is 56.8 Å². The van der Waals surface area contributed by atoms with Crippen molar-refractivity contribution in [1.82, 2.24) is 24.8 Å². The highest BCUT2D eigenvalue weighted by Gasteiger charge is 2.30. The Bertz CT molecular complexity index is 1250. The summed E-state index contributed by atoms with van der Waals surface area (Å²) in [5, 5.41) is 8.37. The molecule has 5 rings (SSSR count). The Morgan fingerprint density at radius 1 is 1.16 bits per heavy atom. The fourth-order valence-electron chi connectivity index (χ4n) is 5.52. The minimum absolute atomic E-state index is 0.0867. The number of nitrogens with zero attached hydrogens (tertiary/aromatic N) is 6. The van der Waals surface area contributed by atoms with E-state index in [0.29, 0.717) is 0 Å². The summed E-state index contributed by atoms with van der Waals surface area (Å²) >= 11 is 0. The van der Waals surface area contributed by atoms with Crippen molar-refractivity contribution in [3.05, 3.63) is 59.5 Å². The number of aryl methyl sites for hydroxylation is 1. The van der Waals surface area contributed by atoms with Gasteiger partial charge in [-0.1, -0.05) is 26.0 Å². The van der Waals surface area contributed by atoms with Crippen LogP contribution in [0.5, 0.6) is 0 Å². The lowest BCUT2D eigenvalue weighted by Gasteiger charge is -2.38. The summed E-state index contributed by atoms with van der Waals surface area (Å²) in [5.41, 5.74) is 4.85. The molecule has 4 heterocycles. The van der Waals surface area contributed by atoms with Gasteiger partial charge in [-0.3, -0.25) is 0 Å². The fraction of sp³-hybridized carbons (Fsp3) is 0.517. The van der Waals surface area contributed by atoms with Crippen LogP contribution in [0.25, 0.3) is 11.3 Å². The highest BCUT2D eigenvalue weighted by Crippen LogP contribution is 2.38. The second kappa shape index (κ2) is 11.1. The molecule has 1 atom stereocenters. The van der Waals surface area contributed by atoms with Gasteiger partial charge in [0.15, 0.2) is 5.65 Å². The number of hydrogen-bond acceptors (Lipinski definition) is 6. The molecule has 0 saturated carbocycles. The van der Waals surface area contributed by atoms with Crippen LogP contribution in [0.4, 0.5) is 16.0 Å². The molecule has 37 heavy (non-hydrogen) atoms. The van der Waals surface area contributed by atoms with Gasteiger partial charge in [0, 0.05) is 63.2 Å². The molecule has 2 fully saturated rings. The molecule has 2 aliphatic rings. The Morgan fingerprint density at radius 2 is 2.00 bits per heavy atom. The second-order valence-electron chi connectivity index (χ2n) is 10.4. The first-order valence-electron chi connectivity index (χ1n) is 13.8. The standard InChI is InChI=1S/C29H40FN7/c1-5-9-22-11-12-23(30)18-24(22)21(2)36-16-7-6-10-26(36)25-19-28-32-27(35-14-8-15-35)20-29(37(28)33-25)34(4)17-13-31-3/h11-12,18-20,26,31H,2,5-10,13-17H2,1,3-4H3. The Balaban J connectivity index is 1.52. The van der Waals surface area contributed by atoms with Crippen LogP contribution in [-0.4, -0.2) is 66.3 Å². The first-order chi connectivity index (χ1) is 18.0. The number of aromatic nitrogens is 3. The molecular formula is C29H40FN7. The third kappa shape index (κ3) is 5.17. The van der Waals surface area contributed by atoms with Crippen LogP contribution >= 0.6 is 0 Å². The monoisotopic (exact) mass is 505 g/mol. The predicted octanol–water partition coefficient (Wildman–Crippen LogP) is 4.88. The van der Waals surface area contributed by atoms with E-state index in [0.717, 1.165) is 105 Å². The zero-order valence-electron chi connectivity index (χ0n) is 22.5. The van der Waals surface area contributed by atoms with Crippen LogP contribution in [0.2, 0.25) is 0 Å². The van der Waals surface area contributed by atoms with Crippen molar-refractivity contribution >= 4 is 23.0 Å². The minimum atomic E-state index is -0.214. The highest BCUT2D eigenvalue weighted by molar-refractivity contribution is 5.66. The third-order valence-electron chi connectivity index (χ3n) is 7.78. The molecule has 0 bridgehead atoms. The van der Waals surface area contributed by atoms with Crippen LogP contribution in [0.1, 0.15) is 61.9 Å². The summed E-state index contributed by atoms with van der Waals surface area (Å²) in [6, 6.07) is 9.53. The largest absolute Gasteiger partial charge is 0.363 e. The number of rotatable bonds is 10. The number of fused-ring (bicyclic) bond motifs is 1. The molecule has 0 spiro atoms. The van der Waals surface area contributed by atoms with Gasteiger partial charge < -0.3 is 20.0 Å². The number of nitrogens with one attached hydrogen (secondary N) is 1. The average molecular weight is 506 g/mol. The maximum atomic E-state index is 14.3. The van der Waals surface area contributed by atoms with Gasteiger partial charge >= 0.3 is 0 Å². The number of anilines is 2. The number of halogens is 1. The Kier molecular flexibility index (Phi) is 7.65. The molecule has 7 nitrogen and oxygen atoms in total. The van der Waals surface area contributed by atoms with E-state index >= 15 is 0 Å². The van der Waals surface area contributed by atoms with E-state index in [-0.39, 0.29) is 11.9 Å². The van der Waals surface area contributed by atoms with Gasteiger partial charge in [-0.15, -0.1) is 0 Å². The summed E-state index contributed by atoms with van der Waals surface area (Å²) in [4.78, 5) is 11.9. The van der Waals surface area contributed by atoms with E-state index in [4.69, 9.17) is 10.1 Å². The van der Waals surface area contributed by atoms with E-state index in [1.165, 1.54) is 6.42 Å². The second-order valence-corrected chi connectivity index (χ2v) is 10.4. The topological polar surface area (TPSA) is 51.9 Å². The van der Waals surface area contributed by atoms with Gasteiger partial charge in [0.1, 0.15) is 17.5 Å². The zero-order valence-corrected chi connectivity index (χ0v) is 22.5. The number of benzene rings is 1. The first kappa shape index (κ1) is 25.5. The summed E-state index contributed by atoms with van der Waals surface area (Å²) in [5.74, 6) is 1.85. The summed E-state index contributed by atoms with van der Waals surface area (Å²) in [6.45, 7) is 11.4. The van der Waals surface area contributed by atoms with Gasteiger partial charge in [-0.25, -0.2) is 9.37 Å². The molecule has 8 heteroatoms. The Labute approximate surface area is 220 Å². The van der Waals surface area contributed by atoms with Crippen LogP contribution in [0.3, 0.4) is 0 Å². The Morgan fingerprint density at radius 3 is 2.73 bits per heavy atom. The molecule has 0 amide bonds. The van der Waals surface area contributed by atoms with Crippen LogP contribution in [-0.2, 0) is 6.42 Å². The molecule has 198 valence electrons. The number of piperidine rings is 1. The normalized spacial score (nSPS) is 17.8. The lowest BCUT2D eigenvalue weighted by Crippen LogP contribution is -2.38. The first-order valence-corrected chi connectivity index (χ1v) is 13.8. The van der Waals surface area contributed by atoms with E-state index in [9.17, 15) is 4.39 Å². The van der Waals surface area contributed by atoms with Crippen molar-refractivity contribution < 1.29 is 4.39 Å². The van der Waals surface area contributed by atoms with Crippen LogP contribution in [0, 0.1) is 5.82 Å². The van der Waals surface area contributed by atoms with Gasteiger partial charge in [0.25, 0.3) is 0 Å². The number of hydrogen-bond donors (Lipinski definition) is 1. The molecule has 1 aromatic carbocycles. The van der Waals surface area contributed by atoms with Gasteiger partial charge in [0.2, 0.25) is 0 Å². The number of likely N-dealkylation sites (tertiary alicyclic amines) is 1. The molecule has 0 aliphatic carbocycles. The molecule has 2 saturated heterocycles. The fourth-order valence-corrected chi connectivity index (χ4v) is 5.52. The molecule has 1 N–H and O–H groups in total. The minimum Gasteiger partial charge on any atom is -0.363 e. The number of likely N-dealkylation sites (N-methyl/N-ethyl adjacent to an activating group) is 2. The summed E-state index contributed by atoms with van der Waals surface area (Å²) in [7, 11) is 4.09. The molecular weight excluding hydrogens is 465 g/mol. The van der Waals surface area contributed by atoms with Crippen molar-refractivity contribution in [3.8, 4) is 0 Å². The molecule has 3 aromatic rings. The zero-order chi connectivity index (χ0) is 25.9. The average Bonchev–Trinajstić information content (AvgIpc) is 3.30. The lowest BCUT2D eigenvalue weighted by atomic mass is 9.94. The SMILES string of the molecule is C=C(c1cc(F)ccc1CCC)N1CCCCC1c1cc2nc(N3CCC3)cc(N(C)CCNC)n2n1. The molecule has 0 radical (unpaired) electrons. The van der Waals surface area contributed by atoms with E-state index in [1.54, 1.807) is 12.1 Å².